The number of benzene rings is 1. The second-order valence-corrected chi connectivity index (χ2v) is 8.77. The van der Waals surface area contributed by atoms with Crippen LogP contribution in [0.25, 0.3) is 0 Å². The van der Waals surface area contributed by atoms with Crippen LogP contribution in [0.3, 0.4) is 0 Å². The van der Waals surface area contributed by atoms with Gasteiger partial charge in [-0.3, -0.25) is 0 Å². The molecule has 0 aromatic heterocycles. The van der Waals surface area contributed by atoms with E-state index >= 15 is 0 Å². The van der Waals surface area contributed by atoms with Crippen LogP contribution in [-0.4, -0.2) is 18.1 Å². The minimum absolute atomic E-state index is 0.0269. The Labute approximate surface area is 146 Å². The second-order valence-electron chi connectivity index (χ2n) is 7.92. The molecule has 2 amide bonds. The summed E-state index contributed by atoms with van der Waals surface area (Å²) in [5.41, 5.74) is 1.34. The molecule has 4 saturated carbocycles. The monoisotopic (exact) mass is 376 g/mol. The molecular formula is C19H25BrN2O. The van der Waals surface area contributed by atoms with Crippen molar-refractivity contribution in [2.75, 3.05) is 6.54 Å². The molecule has 124 valence electrons. The van der Waals surface area contributed by atoms with Crippen molar-refractivity contribution in [3.63, 3.8) is 0 Å². The van der Waals surface area contributed by atoms with E-state index in [1.54, 1.807) is 0 Å². The van der Waals surface area contributed by atoms with Gasteiger partial charge in [0, 0.05) is 16.6 Å². The largest absolute Gasteiger partial charge is 0.338 e. The van der Waals surface area contributed by atoms with Crippen molar-refractivity contribution in [2.24, 2.45) is 17.8 Å². The Hall–Kier alpha value is -1.03. The first-order valence-electron chi connectivity index (χ1n) is 8.91. The Kier molecular flexibility index (Phi) is 4.12. The molecule has 1 aromatic carbocycles. The van der Waals surface area contributed by atoms with Crippen molar-refractivity contribution in [1.29, 1.82) is 0 Å². The van der Waals surface area contributed by atoms with Crippen LogP contribution in [0.2, 0.25) is 0 Å². The number of hydrogen-bond acceptors (Lipinski definition) is 1. The Morgan fingerprint density at radius 1 is 1.09 bits per heavy atom. The first kappa shape index (κ1) is 15.5. The van der Waals surface area contributed by atoms with Crippen molar-refractivity contribution in [2.45, 2.75) is 50.5 Å². The van der Waals surface area contributed by atoms with E-state index in [2.05, 4.69) is 32.6 Å². The molecule has 0 saturated heterocycles. The van der Waals surface area contributed by atoms with Gasteiger partial charge in [-0.05, 0) is 74.3 Å². The number of hydrogen-bond donors (Lipinski definition) is 2. The molecule has 0 heterocycles. The summed E-state index contributed by atoms with van der Waals surface area (Å²) in [7, 11) is 0. The lowest BCUT2D eigenvalue weighted by atomic mass is 9.53. The molecule has 0 unspecified atom stereocenters. The average molecular weight is 377 g/mol. The van der Waals surface area contributed by atoms with Gasteiger partial charge in [0.15, 0.2) is 0 Å². The van der Waals surface area contributed by atoms with Gasteiger partial charge in [-0.15, -0.1) is 0 Å². The molecule has 2 N–H and O–H groups in total. The summed E-state index contributed by atoms with van der Waals surface area (Å²) in [6.45, 7) is 0.681. The Bertz CT molecular complexity index is 566. The van der Waals surface area contributed by atoms with Crippen LogP contribution in [0.15, 0.2) is 28.7 Å². The summed E-state index contributed by atoms with van der Waals surface area (Å²) < 4.78 is 1.11. The quantitative estimate of drug-likeness (QED) is 0.809. The number of amides is 2. The third-order valence-electron chi connectivity index (χ3n) is 6.05. The summed E-state index contributed by atoms with van der Waals surface area (Å²) in [5, 5.41) is 6.43. The maximum absolute atomic E-state index is 12.4. The highest BCUT2D eigenvalue weighted by Gasteiger charge is 2.51. The second kappa shape index (κ2) is 6.12. The summed E-state index contributed by atoms with van der Waals surface area (Å²) >= 11 is 3.56. The third kappa shape index (κ3) is 3.28. The minimum atomic E-state index is 0.0269. The fourth-order valence-electron chi connectivity index (χ4n) is 5.56. The third-order valence-corrected chi connectivity index (χ3v) is 6.83. The van der Waals surface area contributed by atoms with Gasteiger partial charge in [0.1, 0.15) is 0 Å². The van der Waals surface area contributed by atoms with Crippen molar-refractivity contribution >= 4 is 22.0 Å². The molecule has 0 aliphatic heterocycles. The maximum Gasteiger partial charge on any atom is 0.315 e. The molecular weight excluding hydrogens is 352 g/mol. The molecule has 3 nitrogen and oxygen atoms in total. The van der Waals surface area contributed by atoms with Gasteiger partial charge < -0.3 is 10.6 Å². The lowest BCUT2D eigenvalue weighted by Crippen LogP contribution is -2.61. The topological polar surface area (TPSA) is 41.1 Å². The van der Waals surface area contributed by atoms with Gasteiger partial charge in [0.05, 0.1) is 0 Å². The van der Waals surface area contributed by atoms with Crippen molar-refractivity contribution < 1.29 is 4.79 Å². The van der Waals surface area contributed by atoms with Crippen LogP contribution in [0.4, 0.5) is 4.79 Å². The maximum atomic E-state index is 12.4. The number of halogens is 1. The van der Waals surface area contributed by atoms with Crippen LogP contribution in [0, 0.1) is 17.8 Å². The highest BCUT2D eigenvalue weighted by molar-refractivity contribution is 9.10. The number of carbonyl (C=O) groups is 1. The lowest BCUT2D eigenvalue weighted by molar-refractivity contribution is -0.0135. The van der Waals surface area contributed by atoms with Gasteiger partial charge in [-0.25, -0.2) is 4.79 Å². The van der Waals surface area contributed by atoms with Crippen molar-refractivity contribution in [3.05, 3.63) is 34.3 Å². The zero-order valence-corrected chi connectivity index (χ0v) is 15.1. The van der Waals surface area contributed by atoms with E-state index in [0.29, 0.717) is 6.54 Å². The van der Waals surface area contributed by atoms with E-state index < -0.39 is 0 Å². The predicted molar refractivity (Wildman–Crippen MR) is 95.3 cm³/mol. The van der Waals surface area contributed by atoms with Gasteiger partial charge in [0.25, 0.3) is 0 Å². The number of urea groups is 1. The molecule has 23 heavy (non-hydrogen) atoms. The molecule has 0 radical (unpaired) electrons. The normalized spacial score (nSPS) is 34.4. The molecule has 0 atom stereocenters. The SMILES string of the molecule is O=C(NCCc1ccccc1Br)NC12CC3CC(CC(C3)C1)C2. The molecule has 1 aromatic rings. The highest BCUT2D eigenvalue weighted by Crippen LogP contribution is 2.55. The van der Waals surface area contributed by atoms with Gasteiger partial charge >= 0.3 is 6.03 Å². The lowest BCUT2D eigenvalue weighted by Gasteiger charge is -2.56. The zero-order valence-electron chi connectivity index (χ0n) is 13.5. The zero-order chi connectivity index (χ0) is 15.9. The van der Waals surface area contributed by atoms with E-state index in [9.17, 15) is 4.79 Å². The Morgan fingerprint density at radius 3 is 2.30 bits per heavy atom. The Morgan fingerprint density at radius 2 is 1.70 bits per heavy atom. The number of rotatable bonds is 4. The molecule has 0 spiro atoms. The van der Waals surface area contributed by atoms with E-state index in [1.165, 1.54) is 44.1 Å². The summed E-state index contributed by atoms with van der Waals surface area (Å²) in [4.78, 5) is 12.4. The first-order chi connectivity index (χ1) is 11.1. The number of carbonyl (C=O) groups excluding carboxylic acids is 1. The van der Waals surface area contributed by atoms with Crippen LogP contribution in [-0.2, 0) is 6.42 Å². The van der Waals surface area contributed by atoms with Gasteiger partial charge in [0.2, 0.25) is 0 Å². The van der Waals surface area contributed by atoms with Crippen LogP contribution in [0.1, 0.15) is 44.1 Å². The van der Waals surface area contributed by atoms with Crippen molar-refractivity contribution in [3.8, 4) is 0 Å². The first-order valence-corrected chi connectivity index (χ1v) is 9.71. The average Bonchev–Trinajstić information content (AvgIpc) is 2.47. The molecule has 4 bridgehead atoms. The van der Waals surface area contributed by atoms with E-state index in [1.807, 2.05) is 18.2 Å². The van der Waals surface area contributed by atoms with Gasteiger partial charge in [-0.2, -0.15) is 0 Å². The standard InChI is InChI=1S/C19H25BrN2O/c20-17-4-2-1-3-16(17)5-6-21-18(23)22-19-10-13-7-14(11-19)9-15(8-13)12-19/h1-4,13-15H,5-12H2,(H2,21,22,23). The van der Waals surface area contributed by atoms with Gasteiger partial charge in [-0.1, -0.05) is 34.1 Å². The van der Waals surface area contributed by atoms with Crippen molar-refractivity contribution in [1.82, 2.24) is 10.6 Å². The summed E-state index contributed by atoms with van der Waals surface area (Å²) in [6.07, 6.45) is 8.69. The fourth-order valence-corrected chi connectivity index (χ4v) is 6.04. The van der Waals surface area contributed by atoms with E-state index in [-0.39, 0.29) is 11.6 Å². The van der Waals surface area contributed by atoms with E-state index in [4.69, 9.17) is 0 Å². The molecule has 5 rings (SSSR count). The fraction of sp³-hybridized carbons (Fsp3) is 0.632. The summed E-state index contributed by atoms with van der Waals surface area (Å²) in [5.74, 6) is 2.59. The molecule has 4 fully saturated rings. The highest BCUT2D eigenvalue weighted by atomic mass is 79.9. The van der Waals surface area contributed by atoms with Crippen LogP contribution >= 0.6 is 15.9 Å². The Balaban J connectivity index is 1.30. The molecule has 4 aliphatic rings. The minimum Gasteiger partial charge on any atom is -0.338 e. The van der Waals surface area contributed by atoms with Crippen LogP contribution in [0.5, 0.6) is 0 Å². The van der Waals surface area contributed by atoms with Crippen LogP contribution < -0.4 is 10.6 Å². The predicted octanol–water partition coefficient (Wildman–Crippen LogP) is 4.26. The number of nitrogens with one attached hydrogen (secondary N) is 2. The smallest absolute Gasteiger partial charge is 0.315 e. The molecule has 4 heteroatoms. The summed E-state index contributed by atoms with van der Waals surface area (Å²) in [6, 6.07) is 8.23. The van der Waals surface area contributed by atoms with E-state index in [0.717, 1.165) is 28.6 Å². The molecule has 4 aliphatic carbocycles.